The highest BCUT2D eigenvalue weighted by Crippen LogP contribution is 2.25. The molecule has 0 fully saturated rings. The number of halogens is 2. The van der Waals surface area contributed by atoms with Crippen LogP contribution >= 0.6 is 23.2 Å². The van der Waals surface area contributed by atoms with Gasteiger partial charge >= 0.3 is 5.97 Å². The number of nitrogens with one attached hydrogen (secondary N) is 2. The van der Waals surface area contributed by atoms with Crippen LogP contribution in [-0.2, 0) is 14.8 Å². The van der Waals surface area contributed by atoms with Crippen molar-refractivity contribution in [3.8, 4) is 0 Å². The number of hydrogen-bond donors (Lipinski definition) is 2. The number of esters is 1. The first-order valence-corrected chi connectivity index (χ1v) is 11.0. The number of amides is 1. The van der Waals surface area contributed by atoms with E-state index in [1.54, 1.807) is 24.3 Å². The van der Waals surface area contributed by atoms with Crippen LogP contribution in [0.25, 0.3) is 0 Å². The number of anilines is 2. The molecule has 0 heterocycles. The average Bonchev–Trinajstić information content (AvgIpc) is 2.76. The Balaban J connectivity index is 1.92. The number of methoxy groups -OCH3 is 1. The highest BCUT2D eigenvalue weighted by atomic mass is 35.5. The van der Waals surface area contributed by atoms with E-state index in [0.717, 1.165) is 0 Å². The smallest absolute Gasteiger partial charge is 0.337 e. The molecule has 31 heavy (non-hydrogen) atoms. The molecule has 0 saturated carbocycles. The maximum absolute atomic E-state index is 12.9. The van der Waals surface area contributed by atoms with E-state index in [0.29, 0.717) is 10.7 Å². The monoisotopic (exact) mass is 478 g/mol. The summed E-state index contributed by atoms with van der Waals surface area (Å²) in [6.45, 7) is 0. The van der Waals surface area contributed by atoms with Gasteiger partial charge in [0, 0.05) is 15.7 Å². The van der Waals surface area contributed by atoms with Crippen LogP contribution in [-0.4, -0.2) is 27.4 Å². The maximum atomic E-state index is 12.9. The molecular formula is C21H16Cl2N2O5S. The lowest BCUT2D eigenvalue weighted by molar-refractivity contribution is 0.0600. The van der Waals surface area contributed by atoms with E-state index in [4.69, 9.17) is 23.2 Å². The summed E-state index contributed by atoms with van der Waals surface area (Å²) < 4.78 is 32.7. The molecule has 0 aliphatic carbocycles. The summed E-state index contributed by atoms with van der Waals surface area (Å²) in [6.07, 6.45) is 0. The molecule has 0 aliphatic rings. The SMILES string of the molecule is COC(=O)c1cccc(S(=O)(=O)Nc2ccc(Cl)cc2C(=O)Nc2ccc(Cl)cc2)c1. The number of sulfonamides is 1. The second kappa shape index (κ2) is 9.38. The van der Waals surface area contributed by atoms with Crippen LogP contribution < -0.4 is 10.0 Å². The second-order valence-corrected chi connectivity index (χ2v) is 8.83. The minimum absolute atomic E-state index is 0.00940. The van der Waals surface area contributed by atoms with Gasteiger partial charge in [-0.25, -0.2) is 13.2 Å². The Bertz CT molecular complexity index is 1240. The molecule has 0 aliphatic heterocycles. The Morgan fingerprint density at radius 3 is 2.26 bits per heavy atom. The molecule has 2 N–H and O–H groups in total. The van der Waals surface area contributed by atoms with E-state index in [1.807, 2.05) is 0 Å². The summed E-state index contributed by atoms with van der Waals surface area (Å²) in [5, 5.41) is 3.41. The summed E-state index contributed by atoms with van der Waals surface area (Å²) in [5.74, 6) is -1.25. The number of benzene rings is 3. The van der Waals surface area contributed by atoms with Crippen molar-refractivity contribution < 1.29 is 22.7 Å². The lowest BCUT2D eigenvalue weighted by Crippen LogP contribution is -2.19. The van der Waals surface area contributed by atoms with E-state index >= 15 is 0 Å². The Labute approximate surface area is 189 Å². The largest absolute Gasteiger partial charge is 0.465 e. The van der Waals surface area contributed by atoms with Crippen molar-refractivity contribution in [3.63, 3.8) is 0 Å². The summed E-state index contributed by atoms with van der Waals surface area (Å²) in [6, 6.07) is 15.9. The third-order valence-electron chi connectivity index (χ3n) is 4.14. The fourth-order valence-electron chi connectivity index (χ4n) is 2.64. The molecular weight excluding hydrogens is 463 g/mol. The predicted octanol–water partition coefficient (Wildman–Crippen LogP) is 4.83. The van der Waals surface area contributed by atoms with Crippen molar-refractivity contribution in [2.24, 2.45) is 0 Å². The first-order valence-electron chi connectivity index (χ1n) is 8.77. The zero-order chi connectivity index (χ0) is 22.6. The molecule has 0 aromatic heterocycles. The van der Waals surface area contributed by atoms with E-state index in [9.17, 15) is 18.0 Å². The van der Waals surface area contributed by atoms with Crippen molar-refractivity contribution in [3.05, 3.63) is 87.9 Å². The third-order valence-corrected chi connectivity index (χ3v) is 5.99. The van der Waals surface area contributed by atoms with E-state index < -0.39 is 21.9 Å². The van der Waals surface area contributed by atoms with Gasteiger partial charge in [0.1, 0.15) is 0 Å². The molecule has 0 radical (unpaired) electrons. The zero-order valence-electron chi connectivity index (χ0n) is 16.1. The van der Waals surface area contributed by atoms with Crippen molar-refractivity contribution in [1.29, 1.82) is 0 Å². The van der Waals surface area contributed by atoms with E-state index in [1.165, 1.54) is 49.6 Å². The van der Waals surface area contributed by atoms with Gasteiger partial charge in [0.25, 0.3) is 15.9 Å². The van der Waals surface area contributed by atoms with Crippen molar-refractivity contribution >= 4 is 56.5 Å². The highest BCUT2D eigenvalue weighted by molar-refractivity contribution is 7.92. The quantitative estimate of drug-likeness (QED) is 0.493. The molecule has 3 rings (SSSR count). The maximum Gasteiger partial charge on any atom is 0.337 e. The zero-order valence-corrected chi connectivity index (χ0v) is 18.4. The molecule has 1 amide bonds. The molecule has 0 bridgehead atoms. The lowest BCUT2D eigenvalue weighted by atomic mass is 10.1. The molecule has 0 saturated heterocycles. The minimum atomic E-state index is -4.12. The molecule has 7 nitrogen and oxygen atoms in total. The first-order chi connectivity index (χ1) is 14.7. The number of hydrogen-bond acceptors (Lipinski definition) is 5. The molecule has 0 unspecified atom stereocenters. The number of rotatable bonds is 6. The van der Waals surface area contributed by atoms with E-state index in [2.05, 4.69) is 14.8 Å². The molecule has 160 valence electrons. The Morgan fingerprint density at radius 1 is 0.903 bits per heavy atom. The van der Waals surface area contributed by atoms with Gasteiger partial charge in [-0.15, -0.1) is 0 Å². The lowest BCUT2D eigenvalue weighted by Gasteiger charge is -2.14. The van der Waals surface area contributed by atoms with Gasteiger partial charge in [0.05, 0.1) is 28.8 Å². The number of carbonyl (C=O) groups excluding carboxylic acids is 2. The van der Waals surface area contributed by atoms with Crippen LogP contribution in [0.5, 0.6) is 0 Å². The normalized spacial score (nSPS) is 10.9. The number of ether oxygens (including phenoxy) is 1. The molecule has 0 atom stereocenters. The van der Waals surface area contributed by atoms with Gasteiger partial charge in [-0.1, -0.05) is 29.3 Å². The third kappa shape index (κ3) is 5.55. The average molecular weight is 479 g/mol. The van der Waals surface area contributed by atoms with Crippen LogP contribution in [0.4, 0.5) is 11.4 Å². The van der Waals surface area contributed by atoms with Gasteiger partial charge in [-0.05, 0) is 60.7 Å². The summed E-state index contributed by atoms with van der Waals surface area (Å²) in [4.78, 5) is 24.3. The van der Waals surface area contributed by atoms with Gasteiger partial charge in [0.15, 0.2) is 0 Å². The van der Waals surface area contributed by atoms with Crippen LogP contribution in [0, 0.1) is 0 Å². The van der Waals surface area contributed by atoms with Crippen LogP contribution in [0.3, 0.4) is 0 Å². The topological polar surface area (TPSA) is 102 Å². The Morgan fingerprint density at radius 2 is 1.58 bits per heavy atom. The highest BCUT2D eigenvalue weighted by Gasteiger charge is 2.21. The first kappa shape index (κ1) is 22.6. The predicted molar refractivity (Wildman–Crippen MR) is 119 cm³/mol. The van der Waals surface area contributed by atoms with Gasteiger partial charge in [-0.2, -0.15) is 0 Å². The second-order valence-electron chi connectivity index (χ2n) is 6.28. The molecule has 10 heteroatoms. The molecule has 0 spiro atoms. The van der Waals surface area contributed by atoms with Gasteiger partial charge in [0.2, 0.25) is 0 Å². The van der Waals surface area contributed by atoms with Crippen LogP contribution in [0.15, 0.2) is 71.6 Å². The summed E-state index contributed by atoms with van der Waals surface area (Å²) in [7, 11) is -2.93. The fraction of sp³-hybridized carbons (Fsp3) is 0.0476. The van der Waals surface area contributed by atoms with Crippen LogP contribution in [0.2, 0.25) is 10.0 Å². The summed E-state index contributed by atoms with van der Waals surface area (Å²) >= 11 is 11.9. The Hall–Kier alpha value is -3.07. The minimum Gasteiger partial charge on any atom is -0.465 e. The van der Waals surface area contributed by atoms with Crippen molar-refractivity contribution in [2.45, 2.75) is 4.90 Å². The van der Waals surface area contributed by atoms with Crippen molar-refractivity contribution in [2.75, 3.05) is 17.1 Å². The summed E-state index contributed by atoms with van der Waals surface area (Å²) in [5.41, 5.74) is 0.561. The molecule has 3 aromatic carbocycles. The number of carbonyl (C=O) groups is 2. The van der Waals surface area contributed by atoms with Crippen LogP contribution in [0.1, 0.15) is 20.7 Å². The fourth-order valence-corrected chi connectivity index (χ4v) is 4.06. The Kier molecular flexibility index (Phi) is 6.84. The van der Waals surface area contributed by atoms with Crippen molar-refractivity contribution in [1.82, 2.24) is 0 Å². The standard InChI is InChI=1S/C21H16Cl2N2O5S/c1-30-21(27)13-3-2-4-17(11-13)31(28,29)25-19-10-7-15(23)12-18(19)20(26)24-16-8-5-14(22)6-9-16/h2-12,25H,1H3,(H,24,26). The van der Waals surface area contributed by atoms with Gasteiger partial charge < -0.3 is 10.1 Å². The van der Waals surface area contributed by atoms with E-state index in [-0.39, 0.29) is 26.7 Å². The molecule has 3 aromatic rings. The van der Waals surface area contributed by atoms with Gasteiger partial charge in [-0.3, -0.25) is 9.52 Å².